The van der Waals surface area contributed by atoms with Crippen LogP contribution in [0.4, 0.5) is 5.95 Å². The van der Waals surface area contributed by atoms with E-state index >= 15 is 0 Å². The smallest absolute Gasteiger partial charge is 0.254 e. The number of carbonyl (C=O) groups is 2. The van der Waals surface area contributed by atoms with Crippen LogP contribution in [0.5, 0.6) is 5.75 Å². The lowest BCUT2D eigenvalue weighted by Gasteiger charge is -2.19. The Bertz CT molecular complexity index is 1260. The van der Waals surface area contributed by atoms with Crippen molar-refractivity contribution in [3.8, 4) is 17.0 Å². The summed E-state index contributed by atoms with van der Waals surface area (Å²) in [7, 11) is 1.60. The van der Waals surface area contributed by atoms with Gasteiger partial charge in [0.05, 0.1) is 30.1 Å². The quantitative estimate of drug-likeness (QED) is 0.481. The molecule has 2 heterocycles. The highest BCUT2D eigenvalue weighted by atomic mass is 35.5. The summed E-state index contributed by atoms with van der Waals surface area (Å²) in [5, 5.41) is 6.51. The molecular formula is C26H28ClN5O3. The molecule has 0 spiro atoms. The lowest BCUT2D eigenvalue weighted by atomic mass is 10.0. The molecule has 3 aromatic rings. The van der Waals surface area contributed by atoms with E-state index in [9.17, 15) is 9.59 Å². The molecule has 0 bridgehead atoms. The number of aromatic nitrogens is 2. The highest BCUT2D eigenvalue weighted by molar-refractivity contribution is 6.33. The van der Waals surface area contributed by atoms with Crippen molar-refractivity contribution in [1.29, 1.82) is 0 Å². The first-order valence-electron chi connectivity index (χ1n) is 11.4. The number of rotatable bonds is 8. The standard InChI is InChI=1S/C26H28ClN5O3/c1-15(2)29-26-28-12-22(27)24(31-26)18-8-9-19-13-32(25(34)21(19)11-18)14-23(33)30-16(3)17-6-5-7-20(10-17)35-4/h5-12,15-16H,13-14H2,1-4H3,(H,30,33)(H,28,29,31). The van der Waals surface area contributed by atoms with Gasteiger partial charge in [0.2, 0.25) is 11.9 Å². The number of nitrogens with zero attached hydrogens (tertiary/aromatic N) is 3. The van der Waals surface area contributed by atoms with Crippen molar-refractivity contribution < 1.29 is 14.3 Å². The maximum absolute atomic E-state index is 13.1. The van der Waals surface area contributed by atoms with Crippen molar-refractivity contribution in [3.05, 3.63) is 70.4 Å². The van der Waals surface area contributed by atoms with Gasteiger partial charge < -0.3 is 20.3 Å². The number of halogens is 1. The summed E-state index contributed by atoms with van der Waals surface area (Å²) in [6, 6.07) is 13.0. The van der Waals surface area contributed by atoms with Crippen LogP contribution in [-0.2, 0) is 11.3 Å². The number of hydrogen-bond donors (Lipinski definition) is 2. The summed E-state index contributed by atoms with van der Waals surface area (Å²) in [6.45, 7) is 6.22. The Labute approximate surface area is 209 Å². The van der Waals surface area contributed by atoms with E-state index in [2.05, 4.69) is 20.6 Å². The Balaban J connectivity index is 1.46. The third kappa shape index (κ3) is 5.54. The summed E-state index contributed by atoms with van der Waals surface area (Å²) in [5.74, 6) is 0.761. The number of methoxy groups -OCH3 is 1. The van der Waals surface area contributed by atoms with E-state index in [-0.39, 0.29) is 30.4 Å². The molecule has 4 rings (SSSR count). The fourth-order valence-corrected chi connectivity index (χ4v) is 4.19. The van der Waals surface area contributed by atoms with E-state index in [0.717, 1.165) is 16.9 Å². The maximum Gasteiger partial charge on any atom is 0.254 e. The lowest BCUT2D eigenvalue weighted by Crippen LogP contribution is -2.38. The molecular weight excluding hydrogens is 466 g/mol. The Morgan fingerprint density at radius 3 is 2.74 bits per heavy atom. The minimum absolute atomic E-state index is 0.0339. The molecule has 1 aromatic heterocycles. The molecule has 2 aromatic carbocycles. The molecule has 8 nitrogen and oxygen atoms in total. The van der Waals surface area contributed by atoms with Gasteiger partial charge in [0.15, 0.2) is 0 Å². The number of carbonyl (C=O) groups excluding carboxylic acids is 2. The Morgan fingerprint density at radius 2 is 2.00 bits per heavy atom. The van der Waals surface area contributed by atoms with Crippen LogP contribution in [0.15, 0.2) is 48.7 Å². The van der Waals surface area contributed by atoms with Gasteiger partial charge in [-0.3, -0.25) is 9.59 Å². The van der Waals surface area contributed by atoms with Crippen molar-refractivity contribution in [1.82, 2.24) is 20.2 Å². The number of benzene rings is 2. The third-order valence-electron chi connectivity index (χ3n) is 5.73. The Hall–Kier alpha value is -3.65. The van der Waals surface area contributed by atoms with Gasteiger partial charge in [-0.25, -0.2) is 9.97 Å². The maximum atomic E-state index is 13.1. The largest absolute Gasteiger partial charge is 0.497 e. The molecule has 2 N–H and O–H groups in total. The van der Waals surface area contributed by atoms with Crippen molar-refractivity contribution in [2.24, 2.45) is 0 Å². The number of fused-ring (bicyclic) bond motifs is 1. The Morgan fingerprint density at radius 1 is 1.20 bits per heavy atom. The van der Waals surface area contributed by atoms with E-state index in [0.29, 0.717) is 34.3 Å². The topological polar surface area (TPSA) is 96.4 Å². The highest BCUT2D eigenvalue weighted by Crippen LogP contribution is 2.31. The molecule has 9 heteroatoms. The molecule has 0 fully saturated rings. The zero-order chi connectivity index (χ0) is 25.1. The second-order valence-electron chi connectivity index (χ2n) is 8.79. The molecule has 2 amide bonds. The van der Waals surface area contributed by atoms with Gasteiger partial charge in [0, 0.05) is 23.7 Å². The predicted octanol–water partition coefficient (Wildman–Crippen LogP) is 4.46. The second-order valence-corrected chi connectivity index (χ2v) is 9.20. The summed E-state index contributed by atoms with van der Waals surface area (Å²) in [5.41, 5.74) is 3.59. The number of ether oxygens (including phenoxy) is 1. The van der Waals surface area contributed by atoms with Crippen LogP contribution in [0.1, 0.15) is 48.3 Å². The van der Waals surface area contributed by atoms with Gasteiger partial charge in [0.25, 0.3) is 5.91 Å². The third-order valence-corrected chi connectivity index (χ3v) is 6.01. The van der Waals surface area contributed by atoms with Crippen LogP contribution in [0.25, 0.3) is 11.3 Å². The van der Waals surface area contributed by atoms with Gasteiger partial charge in [-0.1, -0.05) is 35.9 Å². The predicted molar refractivity (Wildman–Crippen MR) is 136 cm³/mol. The summed E-state index contributed by atoms with van der Waals surface area (Å²) in [4.78, 5) is 36.1. The van der Waals surface area contributed by atoms with Crippen molar-refractivity contribution in [2.75, 3.05) is 19.0 Å². The normalized spacial score (nSPS) is 13.5. The summed E-state index contributed by atoms with van der Waals surface area (Å²) >= 11 is 6.36. The van der Waals surface area contributed by atoms with Crippen LogP contribution in [0.3, 0.4) is 0 Å². The molecule has 0 saturated carbocycles. The van der Waals surface area contributed by atoms with Gasteiger partial charge in [0.1, 0.15) is 12.3 Å². The average molecular weight is 494 g/mol. The lowest BCUT2D eigenvalue weighted by molar-refractivity contribution is -0.122. The fraction of sp³-hybridized carbons (Fsp3) is 0.308. The molecule has 0 saturated heterocycles. The summed E-state index contributed by atoms with van der Waals surface area (Å²) < 4.78 is 5.25. The number of anilines is 1. The van der Waals surface area contributed by atoms with Crippen molar-refractivity contribution in [2.45, 2.75) is 39.4 Å². The van der Waals surface area contributed by atoms with E-state index in [1.165, 1.54) is 4.90 Å². The van der Waals surface area contributed by atoms with Gasteiger partial charge in [-0.15, -0.1) is 0 Å². The SMILES string of the molecule is COc1cccc(C(C)NC(=O)CN2Cc3ccc(-c4nc(NC(C)C)ncc4Cl)cc3C2=O)c1. The fourth-order valence-electron chi connectivity index (χ4n) is 3.99. The van der Waals surface area contributed by atoms with Gasteiger partial charge in [-0.05, 0) is 50.1 Å². The monoisotopic (exact) mass is 493 g/mol. The van der Waals surface area contributed by atoms with E-state index < -0.39 is 0 Å². The van der Waals surface area contributed by atoms with Crippen LogP contribution in [0, 0.1) is 0 Å². The van der Waals surface area contributed by atoms with Crippen molar-refractivity contribution >= 4 is 29.4 Å². The summed E-state index contributed by atoms with van der Waals surface area (Å²) in [6.07, 6.45) is 1.55. The molecule has 0 radical (unpaired) electrons. The average Bonchev–Trinajstić information content (AvgIpc) is 3.14. The molecule has 182 valence electrons. The molecule has 1 atom stereocenters. The second kappa shape index (κ2) is 10.3. The molecule has 1 aliphatic rings. The van der Waals surface area contributed by atoms with E-state index in [1.54, 1.807) is 19.4 Å². The molecule has 1 unspecified atom stereocenters. The zero-order valence-electron chi connectivity index (χ0n) is 20.1. The zero-order valence-corrected chi connectivity index (χ0v) is 20.9. The molecule has 1 aliphatic heterocycles. The minimum atomic E-state index is -0.232. The first kappa shape index (κ1) is 24.5. The van der Waals surface area contributed by atoms with Crippen molar-refractivity contribution in [3.63, 3.8) is 0 Å². The number of nitrogens with one attached hydrogen (secondary N) is 2. The van der Waals surface area contributed by atoms with E-state index in [4.69, 9.17) is 16.3 Å². The van der Waals surface area contributed by atoms with Crippen LogP contribution >= 0.6 is 11.6 Å². The highest BCUT2D eigenvalue weighted by Gasteiger charge is 2.30. The molecule has 35 heavy (non-hydrogen) atoms. The molecule has 0 aliphatic carbocycles. The minimum Gasteiger partial charge on any atom is -0.497 e. The van der Waals surface area contributed by atoms with Crippen LogP contribution in [-0.4, -0.2) is 46.4 Å². The van der Waals surface area contributed by atoms with Gasteiger partial charge >= 0.3 is 0 Å². The first-order chi connectivity index (χ1) is 16.7. The number of amides is 2. The van der Waals surface area contributed by atoms with Gasteiger partial charge in [-0.2, -0.15) is 0 Å². The first-order valence-corrected chi connectivity index (χ1v) is 11.8. The van der Waals surface area contributed by atoms with E-state index in [1.807, 2.05) is 57.2 Å². The number of hydrogen-bond acceptors (Lipinski definition) is 6. The Kier molecular flexibility index (Phi) is 7.21. The van der Waals surface area contributed by atoms with Crippen LogP contribution < -0.4 is 15.4 Å². The van der Waals surface area contributed by atoms with Crippen LogP contribution in [0.2, 0.25) is 5.02 Å².